The van der Waals surface area contributed by atoms with E-state index in [1.165, 1.54) is 4.88 Å². The lowest BCUT2D eigenvalue weighted by molar-refractivity contribution is 0.350. The molecule has 1 aromatic heterocycles. The second-order valence-corrected chi connectivity index (χ2v) is 3.02. The summed E-state index contributed by atoms with van der Waals surface area (Å²) in [4.78, 5) is 1.25. The van der Waals surface area contributed by atoms with E-state index >= 15 is 0 Å². The normalized spacial score (nSPS) is 8.60. The van der Waals surface area contributed by atoms with Crippen molar-refractivity contribution in [3.05, 3.63) is 21.9 Å². The van der Waals surface area contributed by atoms with Crippen molar-refractivity contribution in [1.29, 1.82) is 0 Å². The zero-order chi connectivity index (χ0) is 7.40. The molecule has 1 N–H and O–H groups in total. The van der Waals surface area contributed by atoms with Gasteiger partial charge in [0, 0.05) is 15.8 Å². The van der Waals surface area contributed by atoms with Gasteiger partial charge in [-0.3, -0.25) is 0 Å². The first-order valence-electron chi connectivity index (χ1n) is 2.98. The summed E-state index contributed by atoms with van der Waals surface area (Å²) in [7, 11) is 0. The van der Waals surface area contributed by atoms with Gasteiger partial charge in [-0.15, -0.1) is 11.3 Å². The fourth-order valence-corrected chi connectivity index (χ4v) is 1.29. The Hall–Kier alpha value is -0.780. The maximum Gasteiger partial charge on any atom is 0.104 e. The molecule has 0 saturated carbocycles. The largest absolute Gasteiger partial charge is 0.384 e. The first-order chi connectivity index (χ1) is 4.83. The molecule has 1 nitrogen and oxygen atoms in total. The summed E-state index contributed by atoms with van der Waals surface area (Å²) in [6.07, 6.45) is 0. The Morgan fingerprint density at radius 1 is 1.70 bits per heavy atom. The molecule has 0 aliphatic carbocycles. The van der Waals surface area contributed by atoms with E-state index in [4.69, 9.17) is 5.11 Å². The maximum atomic E-state index is 8.36. The van der Waals surface area contributed by atoms with E-state index in [0.29, 0.717) is 0 Å². The molecule has 0 atom stereocenters. The molecule has 0 unspecified atom stereocenters. The molecule has 0 spiro atoms. The van der Waals surface area contributed by atoms with Gasteiger partial charge in [0.15, 0.2) is 0 Å². The van der Waals surface area contributed by atoms with Crippen LogP contribution in [0.25, 0.3) is 0 Å². The summed E-state index contributed by atoms with van der Waals surface area (Å²) < 4.78 is 0. The first kappa shape index (κ1) is 7.33. The first-order valence-corrected chi connectivity index (χ1v) is 3.86. The van der Waals surface area contributed by atoms with Gasteiger partial charge in [0.1, 0.15) is 6.61 Å². The molecule has 0 bridgehead atoms. The standard InChI is InChI=1S/C8H8OS/c1-7-5-8(6-10-7)3-2-4-9/h5-6,9H,4H2,1H3. The van der Waals surface area contributed by atoms with Crippen molar-refractivity contribution in [2.75, 3.05) is 6.61 Å². The molecule has 0 radical (unpaired) electrons. The van der Waals surface area contributed by atoms with Crippen molar-refractivity contribution in [3.8, 4) is 11.8 Å². The molecule has 0 aliphatic rings. The number of aryl methyl sites for hydroxylation is 1. The molecule has 0 aromatic carbocycles. The number of thiophene rings is 1. The van der Waals surface area contributed by atoms with Crippen LogP contribution in [0.1, 0.15) is 10.4 Å². The van der Waals surface area contributed by atoms with Crippen molar-refractivity contribution in [2.24, 2.45) is 0 Å². The van der Waals surface area contributed by atoms with E-state index in [2.05, 4.69) is 11.8 Å². The lowest BCUT2D eigenvalue weighted by atomic mass is 10.3. The molecule has 0 fully saturated rings. The third kappa shape index (κ3) is 1.87. The molecule has 1 heterocycles. The number of rotatable bonds is 0. The van der Waals surface area contributed by atoms with Crippen LogP contribution in [-0.2, 0) is 0 Å². The summed E-state index contributed by atoms with van der Waals surface area (Å²) in [5.41, 5.74) is 0.997. The maximum absolute atomic E-state index is 8.36. The summed E-state index contributed by atoms with van der Waals surface area (Å²) in [5, 5.41) is 10.3. The van der Waals surface area contributed by atoms with Gasteiger partial charge < -0.3 is 5.11 Å². The molecule has 0 aliphatic heterocycles. The fourth-order valence-electron chi connectivity index (χ4n) is 0.651. The Labute approximate surface area is 64.3 Å². The van der Waals surface area contributed by atoms with Gasteiger partial charge in [-0.05, 0) is 13.0 Å². The molecular formula is C8H8OS. The van der Waals surface area contributed by atoms with E-state index in [1.54, 1.807) is 11.3 Å². The summed E-state index contributed by atoms with van der Waals surface area (Å²) >= 11 is 1.67. The van der Waals surface area contributed by atoms with Crippen LogP contribution in [0.3, 0.4) is 0 Å². The van der Waals surface area contributed by atoms with Crippen molar-refractivity contribution >= 4 is 11.3 Å². The average molecular weight is 152 g/mol. The zero-order valence-corrected chi connectivity index (χ0v) is 6.53. The van der Waals surface area contributed by atoms with Crippen LogP contribution in [0.15, 0.2) is 11.4 Å². The van der Waals surface area contributed by atoms with Gasteiger partial charge in [0.25, 0.3) is 0 Å². The second-order valence-electron chi connectivity index (χ2n) is 1.91. The number of aliphatic hydroxyl groups excluding tert-OH is 1. The van der Waals surface area contributed by atoms with Gasteiger partial charge >= 0.3 is 0 Å². The van der Waals surface area contributed by atoms with E-state index in [0.717, 1.165) is 5.56 Å². The number of hydrogen-bond donors (Lipinski definition) is 1. The Bertz CT molecular complexity index is 264. The SMILES string of the molecule is Cc1cc(C#CCO)cs1. The second kappa shape index (κ2) is 3.40. The molecule has 1 rings (SSSR count). The number of hydrogen-bond acceptors (Lipinski definition) is 2. The fraction of sp³-hybridized carbons (Fsp3) is 0.250. The van der Waals surface area contributed by atoms with Crippen LogP contribution in [0.5, 0.6) is 0 Å². The van der Waals surface area contributed by atoms with E-state index in [9.17, 15) is 0 Å². The lowest BCUT2D eigenvalue weighted by Gasteiger charge is -1.74. The zero-order valence-electron chi connectivity index (χ0n) is 5.72. The van der Waals surface area contributed by atoms with Gasteiger partial charge in [-0.1, -0.05) is 11.8 Å². The van der Waals surface area contributed by atoms with E-state index in [1.807, 2.05) is 18.4 Å². The third-order valence-corrected chi connectivity index (χ3v) is 1.90. The molecule has 1 aromatic rings. The van der Waals surface area contributed by atoms with Crippen LogP contribution in [0, 0.1) is 18.8 Å². The molecule has 52 valence electrons. The smallest absolute Gasteiger partial charge is 0.104 e. The van der Waals surface area contributed by atoms with E-state index in [-0.39, 0.29) is 6.61 Å². The van der Waals surface area contributed by atoms with Gasteiger partial charge in [0.2, 0.25) is 0 Å². The predicted molar refractivity (Wildman–Crippen MR) is 43.0 cm³/mol. The van der Waals surface area contributed by atoms with Crippen LogP contribution in [0.2, 0.25) is 0 Å². The van der Waals surface area contributed by atoms with Crippen LogP contribution in [-0.4, -0.2) is 11.7 Å². The van der Waals surface area contributed by atoms with Crippen LogP contribution < -0.4 is 0 Å². The molecule has 0 saturated heterocycles. The highest BCUT2D eigenvalue weighted by molar-refractivity contribution is 7.10. The Kier molecular flexibility index (Phi) is 2.49. The Balaban J connectivity index is 2.76. The monoisotopic (exact) mass is 152 g/mol. The molecule has 10 heavy (non-hydrogen) atoms. The van der Waals surface area contributed by atoms with Gasteiger partial charge in [-0.25, -0.2) is 0 Å². The minimum absolute atomic E-state index is 0.0606. The van der Waals surface area contributed by atoms with E-state index < -0.39 is 0 Å². The van der Waals surface area contributed by atoms with Crippen molar-refractivity contribution < 1.29 is 5.11 Å². The van der Waals surface area contributed by atoms with Crippen LogP contribution >= 0.6 is 11.3 Å². The number of aliphatic hydroxyl groups is 1. The van der Waals surface area contributed by atoms with Gasteiger partial charge in [-0.2, -0.15) is 0 Å². The Morgan fingerprint density at radius 3 is 3.00 bits per heavy atom. The average Bonchev–Trinajstić information content (AvgIpc) is 2.31. The molecule has 0 amide bonds. The van der Waals surface area contributed by atoms with Crippen molar-refractivity contribution in [2.45, 2.75) is 6.92 Å². The highest BCUT2D eigenvalue weighted by Crippen LogP contribution is 2.11. The minimum Gasteiger partial charge on any atom is -0.384 e. The molecular weight excluding hydrogens is 144 g/mol. The third-order valence-electron chi connectivity index (χ3n) is 1.04. The summed E-state index contributed by atoms with van der Waals surface area (Å²) in [5.74, 6) is 5.42. The van der Waals surface area contributed by atoms with Crippen molar-refractivity contribution in [1.82, 2.24) is 0 Å². The van der Waals surface area contributed by atoms with Gasteiger partial charge in [0.05, 0.1) is 0 Å². The van der Waals surface area contributed by atoms with Crippen LogP contribution in [0.4, 0.5) is 0 Å². The highest BCUT2D eigenvalue weighted by atomic mass is 32.1. The lowest BCUT2D eigenvalue weighted by Crippen LogP contribution is -1.71. The molecule has 2 heteroatoms. The summed E-state index contributed by atoms with van der Waals surface area (Å²) in [6, 6.07) is 2.01. The highest BCUT2D eigenvalue weighted by Gasteiger charge is 1.88. The van der Waals surface area contributed by atoms with Crippen molar-refractivity contribution in [3.63, 3.8) is 0 Å². The minimum atomic E-state index is -0.0606. The summed E-state index contributed by atoms with van der Waals surface area (Å²) in [6.45, 7) is 1.98. The quantitative estimate of drug-likeness (QED) is 0.557. The topological polar surface area (TPSA) is 20.2 Å². The Morgan fingerprint density at radius 2 is 2.50 bits per heavy atom. The predicted octanol–water partition coefficient (Wildman–Crippen LogP) is 1.40.